The number of nitrogens with two attached hydrogens (primary N) is 1. The van der Waals surface area contributed by atoms with E-state index in [1.807, 2.05) is 46.1 Å². The van der Waals surface area contributed by atoms with Crippen molar-refractivity contribution in [2.75, 3.05) is 49.9 Å². The van der Waals surface area contributed by atoms with Crippen LogP contribution in [0.15, 0.2) is 54.7 Å². The van der Waals surface area contributed by atoms with E-state index in [4.69, 9.17) is 17.3 Å². The summed E-state index contributed by atoms with van der Waals surface area (Å²) < 4.78 is 1.83. The maximum Gasteiger partial charge on any atom is 0.315 e. The highest BCUT2D eigenvalue weighted by Gasteiger charge is 2.29. The standard InChI is InChI=1S/C28H36ClN9O2/c29-22-3-1-4-25(15-22)36-13-11-35(12-14-36)18-24-19-37(34-33-24)20-26-5-2-10-38(26)27(39)17-32-28(40)31-16-21-6-8-23(30)9-7-21/h1,3-4,6-9,15,19,26H,2,5,10-14,16-18,20,30H2,(H2,31,32,40). The number of carbonyl (C=O) groups is 2. The number of nitrogens with one attached hydrogen (secondary N) is 2. The smallest absolute Gasteiger partial charge is 0.315 e. The second kappa shape index (κ2) is 13.0. The Morgan fingerprint density at radius 3 is 2.60 bits per heavy atom. The summed E-state index contributed by atoms with van der Waals surface area (Å²) in [5.74, 6) is -0.0944. The molecule has 3 heterocycles. The van der Waals surface area contributed by atoms with Gasteiger partial charge in [-0.25, -0.2) is 4.79 Å². The van der Waals surface area contributed by atoms with E-state index >= 15 is 0 Å². The first-order valence-corrected chi connectivity index (χ1v) is 14.1. The van der Waals surface area contributed by atoms with Crippen LogP contribution in [0.4, 0.5) is 16.2 Å². The zero-order valence-corrected chi connectivity index (χ0v) is 23.3. The van der Waals surface area contributed by atoms with Crippen LogP contribution in [0, 0.1) is 0 Å². The maximum atomic E-state index is 12.9. The average Bonchev–Trinajstić information content (AvgIpc) is 3.61. The lowest BCUT2D eigenvalue weighted by molar-refractivity contribution is -0.131. The molecule has 0 aliphatic carbocycles. The fourth-order valence-corrected chi connectivity index (χ4v) is 5.46. The molecule has 3 aromatic rings. The molecule has 0 radical (unpaired) electrons. The SMILES string of the molecule is Nc1ccc(CNC(=O)NCC(=O)N2CCCC2Cn2cc(CN3CCN(c4cccc(Cl)c4)CC3)nn2)cc1. The second-order valence-electron chi connectivity index (χ2n) is 10.3. The van der Waals surface area contributed by atoms with Gasteiger partial charge < -0.3 is 26.2 Å². The van der Waals surface area contributed by atoms with Crippen molar-refractivity contribution in [2.45, 2.75) is 38.5 Å². The molecule has 1 unspecified atom stereocenters. The third kappa shape index (κ3) is 7.42. The van der Waals surface area contributed by atoms with Crippen LogP contribution in [0.2, 0.25) is 5.02 Å². The lowest BCUT2D eigenvalue weighted by Crippen LogP contribution is -2.46. The topological polar surface area (TPSA) is 125 Å². The highest BCUT2D eigenvalue weighted by Crippen LogP contribution is 2.22. The molecule has 212 valence electrons. The molecule has 40 heavy (non-hydrogen) atoms. The highest BCUT2D eigenvalue weighted by atomic mass is 35.5. The fraction of sp³-hybridized carbons (Fsp3) is 0.429. The van der Waals surface area contributed by atoms with Crippen LogP contribution >= 0.6 is 11.6 Å². The number of aromatic nitrogens is 3. The molecule has 2 aliphatic heterocycles. The van der Waals surface area contributed by atoms with Crippen LogP contribution in [0.25, 0.3) is 0 Å². The lowest BCUT2D eigenvalue weighted by atomic mass is 10.2. The first-order valence-electron chi connectivity index (χ1n) is 13.7. The Bertz CT molecular complexity index is 1290. The summed E-state index contributed by atoms with van der Waals surface area (Å²) in [6.07, 6.45) is 3.81. The molecule has 0 spiro atoms. The Kier molecular flexibility index (Phi) is 9.02. The van der Waals surface area contributed by atoms with Gasteiger partial charge in [-0.1, -0.05) is 35.0 Å². The molecule has 1 aromatic heterocycles. The van der Waals surface area contributed by atoms with Crippen LogP contribution in [0.3, 0.4) is 0 Å². The number of piperazine rings is 1. The number of nitrogens with zero attached hydrogens (tertiary/aromatic N) is 6. The van der Waals surface area contributed by atoms with Crippen molar-refractivity contribution in [1.29, 1.82) is 0 Å². The van der Waals surface area contributed by atoms with Gasteiger partial charge in [0.15, 0.2) is 0 Å². The predicted octanol–water partition coefficient (Wildman–Crippen LogP) is 2.33. The van der Waals surface area contributed by atoms with E-state index < -0.39 is 0 Å². The van der Waals surface area contributed by atoms with E-state index in [0.717, 1.165) is 67.5 Å². The molecule has 12 heteroatoms. The van der Waals surface area contributed by atoms with Gasteiger partial charge in [0.1, 0.15) is 0 Å². The number of benzene rings is 2. The number of amides is 3. The van der Waals surface area contributed by atoms with Gasteiger partial charge in [-0.15, -0.1) is 5.10 Å². The molecule has 2 fully saturated rings. The van der Waals surface area contributed by atoms with E-state index in [1.165, 1.54) is 0 Å². The number of anilines is 2. The van der Waals surface area contributed by atoms with Gasteiger partial charge in [0, 0.05) is 68.4 Å². The third-order valence-corrected chi connectivity index (χ3v) is 7.68. The largest absolute Gasteiger partial charge is 0.399 e. The molecule has 5 rings (SSSR count). The van der Waals surface area contributed by atoms with E-state index in [9.17, 15) is 9.59 Å². The number of hydrogen-bond donors (Lipinski definition) is 3. The number of halogens is 1. The highest BCUT2D eigenvalue weighted by molar-refractivity contribution is 6.30. The van der Waals surface area contributed by atoms with Crippen molar-refractivity contribution in [3.63, 3.8) is 0 Å². The summed E-state index contributed by atoms with van der Waals surface area (Å²) in [6, 6.07) is 14.9. The molecule has 2 saturated heterocycles. The van der Waals surface area contributed by atoms with Crippen LogP contribution in [-0.4, -0.2) is 82.0 Å². The van der Waals surface area contributed by atoms with Crippen molar-refractivity contribution < 1.29 is 9.59 Å². The summed E-state index contributed by atoms with van der Waals surface area (Å²) in [5, 5.41) is 14.9. The maximum absolute atomic E-state index is 12.9. The van der Waals surface area contributed by atoms with Gasteiger partial charge in [-0.3, -0.25) is 14.4 Å². The Balaban J connectivity index is 1.04. The van der Waals surface area contributed by atoms with Crippen LogP contribution in [0.5, 0.6) is 0 Å². The van der Waals surface area contributed by atoms with E-state index in [2.05, 4.69) is 36.8 Å². The molecular formula is C28H36ClN9O2. The van der Waals surface area contributed by atoms with Crippen LogP contribution in [-0.2, 0) is 24.4 Å². The Morgan fingerprint density at radius 1 is 1.02 bits per heavy atom. The summed E-state index contributed by atoms with van der Waals surface area (Å²) in [4.78, 5) is 31.7. The number of nitrogen functional groups attached to an aromatic ring is 1. The molecule has 3 amide bonds. The molecule has 0 bridgehead atoms. The molecule has 1 atom stereocenters. The summed E-state index contributed by atoms with van der Waals surface area (Å²) in [7, 11) is 0. The summed E-state index contributed by atoms with van der Waals surface area (Å²) >= 11 is 6.15. The van der Waals surface area contributed by atoms with Crippen molar-refractivity contribution in [1.82, 2.24) is 35.4 Å². The van der Waals surface area contributed by atoms with Gasteiger partial charge in [-0.2, -0.15) is 0 Å². The van der Waals surface area contributed by atoms with Crippen molar-refractivity contribution in [2.24, 2.45) is 0 Å². The number of likely N-dealkylation sites (tertiary alicyclic amines) is 1. The second-order valence-corrected chi connectivity index (χ2v) is 10.8. The normalized spacial score (nSPS) is 17.7. The Labute approximate surface area is 239 Å². The van der Waals surface area contributed by atoms with Crippen molar-refractivity contribution in [3.8, 4) is 0 Å². The van der Waals surface area contributed by atoms with E-state index in [0.29, 0.717) is 25.3 Å². The van der Waals surface area contributed by atoms with Gasteiger partial charge in [-0.05, 0) is 48.7 Å². The van der Waals surface area contributed by atoms with Crippen LogP contribution in [0.1, 0.15) is 24.1 Å². The van der Waals surface area contributed by atoms with E-state index in [1.54, 1.807) is 12.1 Å². The minimum Gasteiger partial charge on any atom is -0.399 e. The molecule has 4 N–H and O–H groups in total. The minimum atomic E-state index is -0.379. The molecular weight excluding hydrogens is 530 g/mol. The monoisotopic (exact) mass is 565 g/mol. The quantitative estimate of drug-likeness (QED) is 0.340. The van der Waals surface area contributed by atoms with Gasteiger partial charge in [0.25, 0.3) is 0 Å². The number of rotatable bonds is 9. The molecule has 0 saturated carbocycles. The minimum absolute atomic E-state index is 0.0305. The lowest BCUT2D eigenvalue weighted by Gasteiger charge is -2.35. The zero-order chi connectivity index (χ0) is 27.9. The Hall–Kier alpha value is -3.83. The van der Waals surface area contributed by atoms with Gasteiger partial charge >= 0.3 is 6.03 Å². The van der Waals surface area contributed by atoms with Gasteiger partial charge in [0.05, 0.1) is 24.8 Å². The fourth-order valence-electron chi connectivity index (χ4n) is 5.27. The first-order chi connectivity index (χ1) is 19.4. The van der Waals surface area contributed by atoms with Crippen LogP contribution < -0.4 is 21.3 Å². The third-order valence-electron chi connectivity index (χ3n) is 7.45. The Morgan fingerprint density at radius 2 is 1.82 bits per heavy atom. The zero-order valence-electron chi connectivity index (χ0n) is 22.5. The molecule has 2 aromatic carbocycles. The number of urea groups is 1. The summed E-state index contributed by atoms with van der Waals surface area (Å²) in [5.41, 5.74) is 9.37. The number of carbonyl (C=O) groups excluding carboxylic acids is 2. The molecule has 2 aliphatic rings. The summed E-state index contributed by atoms with van der Waals surface area (Å²) in [6.45, 7) is 6.05. The van der Waals surface area contributed by atoms with E-state index in [-0.39, 0.29) is 24.5 Å². The first kappa shape index (κ1) is 27.7. The van der Waals surface area contributed by atoms with Crippen molar-refractivity contribution >= 4 is 34.9 Å². The predicted molar refractivity (Wildman–Crippen MR) is 155 cm³/mol. The average molecular weight is 566 g/mol. The molecule has 11 nitrogen and oxygen atoms in total. The van der Waals surface area contributed by atoms with Gasteiger partial charge in [0.2, 0.25) is 5.91 Å². The number of hydrogen-bond acceptors (Lipinski definition) is 7. The van der Waals surface area contributed by atoms with Crippen molar-refractivity contribution in [3.05, 3.63) is 71.0 Å².